The van der Waals surface area contributed by atoms with E-state index in [2.05, 4.69) is 14.9 Å². The van der Waals surface area contributed by atoms with Gasteiger partial charge in [0.25, 0.3) is 5.56 Å². The zero-order chi connectivity index (χ0) is 17.3. The van der Waals surface area contributed by atoms with Crippen molar-refractivity contribution in [2.75, 3.05) is 19.9 Å². The second-order valence-electron chi connectivity index (χ2n) is 5.84. The molecule has 1 aromatic carbocycles. The molecule has 3 rings (SSSR count). The predicted molar refractivity (Wildman–Crippen MR) is 88.8 cm³/mol. The van der Waals surface area contributed by atoms with Gasteiger partial charge in [0.1, 0.15) is 5.75 Å². The normalized spacial score (nSPS) is 15.1. The number of sulfone groups is 1. The number of methoxy groups -OCH3 is 1. The molecule has 8 heteroatoms. The van der Waals surface area contributed by atoms with Crippen molar-refractivity contribution in [1.29, 1.82) is 0 Å². The number of fused-ring (bicyclic) bond motifs is 1. The number of ether oxygens (including phenoxy) is 1. The van der Waals surface area contributed by atoms with E-state index >= 15 is 0 Å². The fraction of sp³-hybridized carbons (Fsp3) is 0.375. The minimum absolute atomic E-state index is 0.273. The van der Waals surface area contributed by atoms with E-state index in [9.17, 15) is 13.2 Å². The number of nitrogens with one attached hydrogen (secondary N) is 1. The molecule has 0 atom stereocenters. The minimum atomic E-state index is -3.55. The van der Waals surface area contributed by atoms with E-state index < -0.39 is 9.84 Å². The van der Waals surface area contributed by atoms with Crippen molar-refractivity contribution in [3.8, 4) is 5.75 Å². The molecule has 2 heterocycles. The monoisotopic (exact) mass is 349 g/mol. The lowest BCUT2D eigenvalue weighted by Crippen LogP contribution is -2.35. The van der Waals surface area contributed by atoms with E-state index in [-0.39, 0.29) is 10.7 Å². The van der Waals surface area contributed by atoms with Gasteiger partial charge in [-0.3, -0.25) is 14.7 Å². The standard InChI is InChI=1S/C16H19N3O4S/c1-23-14-6-4-3-5-11(14)9-19-8-7-12-13(10-19)17-16(18-15(12)20)24(2,21)22/h3-6H,7-10H2,1-2H3,(H,17,18,20). The number of nitrogens with zero attached hydrogens (tertiary/aromatic N) is 2. The van der Waals surface area contributed by atoms with Crippen LogP contribution in [0.5, 0.6) is 5.75 Å². The molecule has 0 radical (unpaired) electrons. The first-order valence-electron chi connectivity index (χ1n) is 7.55. The Morgan fingerprint density at radius 3 is 2.79 bits per heavy atom. The molecule has 1 aliphatic heterocycles. The molecule has 0 fully saturated rings. The molecule has 2 aromatic rings. The lowest BCUT2D eigenvalue weighted by molar-refractivity contribution is 0.235. The molecule has 0 amide bonds. The number of aromatic nitrogens is 2. The zero-order valence-corrected chi connectivity index (χ0v) is 14.4. The third kappa shape index (κ3) is 3.34. The van der Waals surface area contributed by atoms with Crippen LogP contribution >= 0.6 is 0 Å². The van der Waals surface area contributed by atoms with Gasteiger partial charge in [0.05, 0.1) is 12.8 Å². The van der Waals surface area contributed by atoms with Crippen LogP contribution in [0.4, 0.5) is 0 Å². The third-order valence-corrected chi connectivity index (χ3v) is 4.96. The molecule has 0 saturated carbocycles. The van der Waals surface area contributed by atoms with Crippen LogP contribution in [0.1, 0.15) is 16.8 Å². The first-order chi connectivity index (χ1) is 11.4. The third-order valence-electron chi connectivity index (χ3n) is 4.07. The average Bonchev–Trinajstić information content (AvgIpc) is 2.54. The van der Waals surface area contributed by atoms with Gasteiger partial charge in [-0.15, -0.1) is 0 Å². The molecular weight excluding hydrogens is 330 g/mol. The molecule has 1 N–H and O–H groups in total. The number of hydrogen-bond donors (Lipinski definition) is 1. The van der Waals surface area contributed by atoms with E-state index in [1.165, 1.54) is 0 Å². The topological polar surface area (TPSA) is 92.4 Å². The fourth-order valence-corrected chi connectivity index (χ4v) is 3.41. The SMILES string of the molecule is COc1ccccc1CN1CCc2c(nc(S(C)(=O)=O)[nH]c2=O)C1. The number of para-hydroxylation sites is 1. The molecule has 128 valence electrons. The smallest absolute Gasteiger partial charge is 0.255 e. The van der Waals surface area contributed by atoms with Crippen molar-refractivity contribution in [2.45, 2.75) is 24.7 Å². The molecule has 1 aromatic heterocycles. The molecule has 0 bridgehead atoms. The van der Waals surface area contributed by atoms with Gasteiger partial charge in [-0.25, -0.2) is 13.4 Å². The highest BCUT2D eigenvalue weighted by molar-refractivity contribution is 7.90. The van der Waals surface area contributed by atoms with Gasteiger partial charge in [0, 0.05) is 37.0 Å². The van der Waals surface area contributed by atoms with Crippen molar-refractivity contribution in [3.05, 3.63) is 51.4 Å². The summed E-state index contributed by atoms with van der Waals surface area (Å²) in [7, 11) is -1.92. The molecule has 24 heavy (non-hydrogen) atoms. The predicted octanol–water partition coefficient (Wildman–Crippen LogP) is 0.740. The number of rotatable bonds is 4. The lowest BCUT2D eigenvalue weighted by Gasteiger charge is -2.28. The molecule has 0 unspecified atom stereocenters. The van der Waals surface area contributed by atoms with Crippen LogP contribution in [0.2, 0.25) is 0 Å². The maximum Gasteiger partial charge on any atom is 0.255 e. The Labute approximate surface area is 140 Å². The minimum Gasteiger partial charge on any atom is -0.496 e. The number of aromatic amines is 1. The van der Waals surface area contributed by atoms with Crippen molar-refractivity contribution in [1.82, 2.24) is 14.9 Å². The van der Waals surface area contributed by atoms with Crippen LogP contribution < -0.4 is 10.3 Å². The number of benzene rings is 1. The summed E-state index contributed by atoms with van der Waals surface area (Å²) in [6, 6.07) is 7.74. The summed E-state index contributed by atoms with van der Waals surface area (Å²) >= 11 is 0. The summed E-state index contributed by atoms with van der Waals surface area (Å²) in [6.45, 7) is 1.78. The van der Waals surface area contributed by atoms with E-state index in [0.29, 0.717) is 37.3 Å². The maximum atomic E-state index is 12.1. The van der Waals surface area contributed by atoms with Gasteiger partial charge in [-0.2, -0.15) is 0 Å². The Bertz CT molecular complexity index is 921. The van der Waals surface area contributed by atoms with Crippen molar-refractivity contribution < 1.29 is 13.2 Å². The van der Waals surface area contributed by atoms with Crippen LogP contribution in [0.25, 0.3) is 0 Å². The van der Waals surface area contributed by atoms with Crippen LogP contribution in [0, 0.1) is 0 Å². The number of hydrogen-bond acceptors (Lipinski definition) is 6. The van der Waals surface area contributed by atoms with Gasteiger partial charge in [0.15, 0.2) is 0 Å². The number of H-pyrrole nitrogens is 1. The molecule has 1 aliphatic rings. The molecule has 0 aliphatic carbocycles. The van der Waals surface area contributed by atoms with E-state index in [1.807, 2.05) is 24.3 Å². The summed E-state index contributed by atoms with van der Waals surface area (Å²) in [5, 5.41) is -0.273. The summed E-state index contributed by atoms with van der Waals surface area (Å²) in [4.78, 5) is 20.8. The average molecular weight is 349 g/mol. The van der Waals surface area contributed by atoms with Gasteiger partial charge < -0.3 is 4.74 Å². The van der Waals surface area contributed by atoms with Crippen molar-refractivity contribution in [2.24, 2.45) is 0 Å². The highest BCUT2D eigenvalue weighted by Gasteiger charge is 2.23. The Balaban J connectivity index is 1.89. The quantitative estimate of drug-likeness (QED) is 0.819. The molecule has 0 spiro atoms. The Morgan fingerprint density at radius 2 is 2.08 bits per heavy atom. The summed E-state index contributed by atoms with van der Waals surface area (Å²) in [5.74, 6) is 0.805. The first kappa shape index (κ1) is 16.7. The highest BCUT2D eigenvalue weighted by atomic mass is 32.2. The van der Waals surface area contributed by atoms with Crippen molar-refractivity contribution in [3.63, 3.8) is 0 Å². The van der Waals surface area contributed by atoms with Crippen LogP contribution in [-0.2, 0) is 29.3 Å². The summed E-state index contributed by atoms with van der Waals surface area (Å²) < 4.78 is 28.7. The Kier molecular flexibility index (Phi) is 4.42. The van der Waals surface area contributed by atoms with Crippen LogP contribution in [0.15, 0.2) is 34.2 Å². The maximum absolute atomic E-state index is 12.1. The van der Waals surface area contributed by atoms with E-state index in [0.717, 1.165) is 17.6 Å². The van der Waals surface area contributed by atoms with Crippen LogP contribution in [0.3, 0.4) is 0 Å². The highest BCUT2D eigenvalue weighted by Crippen LogP contribution is 2.22. The Morgan fingerprint density at radius 1 is 1.33 bits per heavy atom. The molecule has 7 nitrogen and oxygen atoms in total. The largest absolute Gasteiger partial charge is 0.496 e. The zero-order valence-electron chi connectivity index (χ0n) is 13.6. The van der Waals surface area contributed by atoms with Crippen molar-refractivity contribution >= 4 is 9.84 Å². The van der Waals surface area contributed by atoms with Gasteiger partial charge in [-0.05, 0) is 12.5 Å². The molecule has 0 saturated heterocycles. The summed E-state index contributed by atoms with van der Waals surface area (Å²) in [5.41, 5.74) is 1.77. The van der Waals surface area contributed by atoms with Crippen LogP contribution in [-0.4, -0.2) is 43.2 Å². The second kappa shape index (κ2) is 6.37. The molecular formula is C16H19N3O4S. The van der Waals surface area contributed by atoms with Gasteiger partial charge in [-0.1, -0.05) is 18.2 Å². The fourth-order valence-electron chi connectivity index (χ4n) is 2.86. The van der Waals surface area contributed by atoms with E-state index in [4.69, 9.17) is 4.74 Å². The van der Waals surface area contributed by atoms with Gasteiger partial charge in [0.2, 0.25) is 15.0 Å². The summed E-state index contributed by atoms with van der Waals surface area (Å²) in [6.07, 6.45) is 1.57. The second-order valence-corrected chi connectivity index (χ2v) is 7.77. The first-order valence-corrected chi connectivity index (χ1v) is 9.44. The lowest BCUT2D eigenvalue weighted by atomic mass is 10.1. The van der Waals surface area contributed by atoms with Gasteiger partial charge >= 0.3 is 0 Å². The Hall–Kier alpha value is -2.19. The van der Waals surface area contributed by atoms with E-state index in [1.54, 1.807) is 7.11 Å².